The quantitative estimate of drug-likeness (QED) is 0.442. The summed E-state index contributed by atoms with van der Waals surface area (Å²) in [6, 6.07) is 18.8. The van der Waals surface area contributed by atoms with Gasteiger partial charge in [-0.1, -0.05) is 30.3 Å². The smallest absolute Gasteiger partial charge is 0.227 e. The van der Waals surface area contributed by atoms with Crippen molar-refractivity contribution in [3.05, 3.63) is 88.9 Å². The molecule has 2 aromatic rings. The second kappa shape index (κ2) is 8.37. The Kier molecular flexibility index (Phi) is 5.73. The minimum Gasteiger partial charge on any atom is -0.497 e. The summed E-state index contributed by atoms with van der Waals surface area (Å²) in [5.74, 6) is -0.612. The number of rotatable bonds is 6. The molecule has 3 rings (SSSR count). The van der Waals surface area contributed by atoms with Gasteiger partial charge in [0.15, 0.2) is 11.2 Å². The van der Waals surface area contributed by atoms with Crippen molar-refractivity contribution in [1.29, 1.82) is 5.26 Å². The van der Waals surface area contributed by atoms with Crippen LogP contribution in [0.2, 0.25) is 0 Å². The van der Waals surface area contributed by atoms with E-state index in [9.17, 15) is 10.1 Å². The molecule has 0 spiro atoms. The first-order valence-electron chi connectivity index (χ1n) is 8.24. The fourth-order valence-corrected chi connectivity index (χ4v) is 3.56. The highest BCUT2D eigenvalue weighted by Gasteiger charge is 2.30. The molecule has 2 unspecified atom stereocenters. The van der Waals surface area contributed by atoms with Crippen LogP contribution in [0.3, 0.4) is 0 Å². The summed E-state index contributed by atoms with van der Waals surface area (Å²) in [5.41, 5.74) is 1.46. The Balaban J connectivity index is 1.98. The average molecular weight is 360 g/mol. The van der Waals surface area contributed by atoms with Crippen molar-refractivity contribution >= 4 is 22.5 Å². The van der Waals surface area contributed by atoms with Gasteiger partial charge in [0.05, 0.1) is 13.2 Å². The largest absolute Gasteiger partial charge is 0.497 e. The molecule has 0 bridgehead atoms. The fourth-order valence-electron chi connectivity index (χ4n) is 2.86. The molecule has 0 N–H and O–H groups in total. The van der Waals surface area contributed by atoms with Gasteiger partial charge >= 0.3 is 0 Å². The normalized spacial score (nSPS) is 16.2. The molecule has 0 aliphatic carbocycles. The SMILES string of the molecule is COc1ccc(C(=O)C(C#N)C(/C=C2/C=CC=[S+]2)c2ccccc2)cc1. The third-order valence-electron chi connectivity index (χ3n) is 4.23. The van der Waals surface area contributed by atoms with Gasteiger partial charge in [-0.2, -0.15) is 5.26 Å². The van der Waals surface area contributed by atoms with Crippen LogP contribution in [-0.2, 0) is 11.4 Å². The van der Waals surface area contributed by atoms with Crippen LogP contribution in [0.5, 0.6) is 5.75 Å². The van der Waals surface area contributed by atoms with Crippen molar-refractivity contribution in [2.75, 3.05) is 7.11 Å². The molecule has 26 heavy (non-hydrogen) atoms. The molecule has 1 aliphatic heterocycles. The molecule has 2 aromatic carbocycles. The number of Topliss-reactive ketones (excluding diaryl/α,β-unsaturated/α-hetero) is 1. The Morgan fingerprint density at radius 1 is 1.15 bits per heavy atom. The zero-order valence-electron chi connectivity index (χ0n) is 14.3. The lowest BCUT2D eigenvalue weighted by molar-refractivity contribution is 0.0941. The highest BCUT2D eigenvalue weighted by molar-refractivity contribution is 7.82. The molecule has 0 saturated heterocycles. The van der Waals surface area contributed by atoms with Crippen LogP contribution >= 0.6 is 0 Å². The van der Waals surface area contributed by atoms with E-state index in [4.69, 9.17) is 4.74 Å². The molecule has 4 heteroatoms. The van der Waals surface area contributed by atoms with Gasteiger partial charge in [0.2, 0.25) is 16.3 Å². The first kappa shape index (κ1) is 17.8. The Bertz CT molecular complexity index is 891. The van der Waals surface area contributed by atoms with Gasteiger partial charge in [0.25, 0.3) is 0 Å². The predicted octanol–water partition coefficient (Wildman–Crippen LogP) is 4.14. The molecule has 0 radical (unpaired) electrons. The predicted molar refractivity (Wildman–Crippen MR) is 106 cm³/mol. The number of methoxy groups -OCH3 is 1. The lowest BCUT2D eigenvalue weighted by Gasteiger charge is -2.18. The van der Waals surface area contributed by atoms with Gasteiger partial charge in [0, 0.05) is 23.6 Å². The number of allylic oxidation sites excluding steroid dienone is 3. The maximum Gasteiger partial charge on any atom is 0.227 e. The third kappa shape index (κ3) is 3.96. The van der Waals surface area contributed by atoms with E-state index in [0.29, 0.717) is 11.3 Å². The Labute approximate surface area is 157 Å². The van der Waals surface area contributed by atoms with Crippen LogP contribution < -0.4 is 4.74 Å². The fraction of sp³-hybridized carbons (Fsp3) is 0.136. The number of hydrogen-bond acceptors (Lipinski definition) is 3. The minimum absolute atomic E-state index is 0.184. The van der Waals surface area contributed by atoms with Gasteiger partial charge in [-0.05, 0) is 35.9 Å². The van der Waals surface area contributed by atoms with E-state index in [1.165, 1.54) is 0 Å². The van der Waals surface area contributed by atoms with Crippen LogP contribution in [0, 0.1) is 17.2 Å². The molecule has 0 amide bonds. The van der Waals surface area contributed by atoms with Crippen molar-refractivity contribution in [3.8, 4) is 11.8 Å². The molecule has 128 valence electrons. The van der Waals surface area contributed by atoms with E-state index in [1.54, 1.807) is 42.7 Å². The van der Waals surface area contributed by atoms with Crippen molar-refractivity contribution in [3.63, 3.8) is 0 Å². The topological polar surface area (TPSA) is 50.1 Å². The summed E-state index contributed by atoms with van der Waals surface area (Å²) in [4.78, 5) is 14.1. The maximum absolute atomic E-state index is 13.0. The van der Waals surface area contributed by atoms with Crippen molar-refractivity contribution in [2.45, 2.75) is 5.92 Å². The third-order valence-corrected chi connectivity index (χ3v) is 5.06. The van der Waals surface area contributed by atoms with Gasteiger partial charge < -0.3 is 4.74 Å². The Morgan fingerprint density at radius 2 is 1.88 bits per heavy atom. The summed E-state index contributed by atoms with van der Waals surface area (Å²) in [7, 11) is 1.58. The molecular weight excluding hydrogens is 342 g/mol. The molecule has 1 aliphatic rings. The van der Waals surface area contributed by atoms with E-state index in [2.05, 4.69) is 6.07 Å². The average Bonchev–Trinajstić information content (AvgIpc) is 3.21. The zero-order chi connectivity index (χ0) is 18.4. The summed E-state index contributed by atoms with van der Waals surface area (Å²) in [6.45, 7) is 0. The van der Waals surface area contributed by atoms with E-state index in [1.807, 2.05) is 53.9 Å². The van der Waals surface area contributed by atoms with Gasteiger partial charge in [-0.3, -0.25) is 4.79 Å². The maximum atomic E-state index is 13.0. The number of ether oxygens (including phenoxy) is 1. The van der Waals surface area contributed by atoms with Crippen molar-refractivity contribution < 1.29 is 9.53 Å². The van der Waals surface area contributed by atoms with Crippen molar-refractivity contribution in [2.24, 2.45) is 5.92 Å². The lowest BCUT2D eigenvalue weighted by Crippen LogP contribution is -2.20. The summed E-state index contributed by atoms with van der Waals surface area (Å²) in [6.07, 6.45) is 5.97. The van der Waals surface area contributed by atoms with E-state index < -0.39 is 5.92 Å². The molecule has 3 nitrogen and oxygen atoms in total. The van der Waals surface area contributed by atoms with Crippen LogP contribution in [0.15, 0.2) is 77.7 Å². The van der Waals surface area contributed by atoms with E-state index in [0.717, 1.165) is 10.5 Å². The highest BCUT2D eigenvalue weighted by Crippen LogP contribution is 2.31. The number of benzene rings is 2. The lowest BCUT2D eigenvalue weighted by atomic mass is 9.81. The van der Waals surface area contributed by atoms with Gasteiger partial charge in [0.1, 0.15) is 11.7 Å². The Hall–Kier alpha value is -3.03. The number of nitriles is 1. The molecule has 2 atom stereocenters. The summed E-state index contributed by atoms with van der Waals surface area (Å²) in [5, 5.41) is 11.8. The van der Waals surface area contributed by atoms with E-state index in [-0.39, 0.29) is 11.7 Å². The molecule has 0 aromatic heterocycles. The van der Waals surface area contributed by atoms with E-state index >= 15 is 0 Å². The number of ketones is 1. The number of nitrogens with zero attached hydrogens (tertiary/aromatic N) is 1. The first-order valence-corrected chi connectivity index (χ1v) is 9.12. The minimum atomic E-state index is -0.798. The van der Waals surface area contributed by atoms with Crippen LogP contribution in [-0.4, -0.2) is 18.3 Å². The van der Waals surface area contributed by atoms with Gasteiger partial charge in [-0.25, -0.2) is 0 Å². The molecule has 0 fully saturated rings. The highest BCUT2D eigenvalue weighted by atomic mass is 32.1. The second-order valence-electron chi connectivity index (χ2n) is 5.82. The van der Waals surface area contributed by atoms with Crippen LogP contribution in [0.1, 0.15) is 21.8 Å². The zero-order valence-corrected chi connectivity index (χ0v) is 15.1. The molecule has 1 heterocycles. The second-order valence-corrected chi connectivity index (χ2v) is 6.80. The van der Waals surface area contributed by atoms with Crippen molar-refractivity contribution in [1.82, 2.24) is 0 Å². The number of carbonyl (C=O) groups is 1. The standard InChI is InChI=1S/C22H18NO2S/c1-25-18-11-9-17(10-12-18)22(24)21(15-23)20(14-19-8-5-13-26-19)16-6-3-2-4-7-16/h2-14,20-21H,1H3/q+1/b19-14-. The number of hydrogen-bond donors (Lipinski definition) is 0. The summed E-state index contributed by atoms with van der Waals surface area (Å²) >= 11 is 1.59. The van der Waals surface area contributed by atoms with Crippen LogP contribution in [0.4, 0.5) is 0 Å². The van der Waals surface area contributed by atoms with Crippen LogP contribution in [0.25, 0.3) is 0 Å². The number of carbonyl (C=O) groups excluding carboxylic acids is 1. The first-order chi connectivity index (χ1) is 12.7. The van der Waals surface area contributed by atoms with Gasteiger partial charge in [-0.15, -0.1) is 0 Å². The molecular formula is C22H18NO2S+. The summed E-state index contributed by atoms with van der Waals surface area (Å²) < 4.78 is 5.14. The molecule has 0 saturated carbocycles. The Morgan fingerprint density at radius 3 is 2.46 bits per heavy atom. The monoisotopic (exact) mass is 360 g/mol.